The summed E-state index contributed by atoms with van der Waals surface area (Å²) in [4.78, 5) is 18.9. The van der Waals surface area contributed by atoms with Crippen LogP contribution in [-0.4, -0.2) is 58.2 Å². The molecule has 4 N–H and O–H groups in total. The van der Waals surface area contributed by atoms with Gasteiger partial charge in [0.1, 0.15) is 24.1 Å². The number of hydrogen-bond acceptors (Lipinski definition) is 9. The highest BCUT2D eigenvalue weighted by Gasteiger charge is 2.42. The fourth-order valence-electron chi connectivity index (χ4n) is 4.52. The van der Waals surface area contributed by atoms with Crippen LogP contribution in [0, 0.1) is 11.7 Å². The van der Waals surface area contributed by atoms with Crippen LogP contribution in [0.2, 0.25) is 0 Å². The molecule has 3 aromatic rings. The zero-order valence-corrected chi connectivity index (χ0v) is 20.6. The summed E-state index contributed by atoms with van der Waals surface area (Å²) >= 11 is 0. The minimum absolute atomic E-state index is 0.000178. The molecule has 2 saturated heterocycles. The molecule has 36 heavy (non-hydrogen) atoms. The van der Waals surface area contributed by atoms with Crippen LogP contribution in [-0.2, 0) is 23.0 Å². The third kappa shape index (κ3) is 4.73. The molecule has 1 unspecified atom stereocenters. The molecule has 0 radical (unpaired) electrons. The van der Waals surface area contributed by atoms with E-state index in [1.807, 2.05) is 6.92 Å². The van der Waals surface area contributed by atoms with Crippen molar-refractivity contribution in [2.75, 3.05) is 26.1 Å². The number of halogens is 1. The molecule has 194 valence electrons. The molecule has 1 aromatic carbocycles. The summed E-state index contributed by atoms with van der Waals surface area (Å²) in [5.41, 5.74) is 6.41. The molecule has 2 aliphatic heterocycles. The predicted molar refractivity (Wildman–Crippen MR) is 131 cm³/mol. The molecule has 11 nitrogen and oxygen atoms in total. The summed E-state index contributed by atoms with van der Waals surface area (Å²) in [6.07, 6.45) is -0.324. The first-order valence-corrected chi connectivity index (χ1v) is 13.1. The van der Waals surface area contributed by atoms with Gasteiger partial charge in [0, 0.05) is 25.6 Å². The minimum Gasteiger partial charge on any atom is -0.390 e. The number of hydrogen-bond donors (Lipinski definition) is 3. The van der Waals surface area contributed by atoms with Gasteiger partial charge in [0.05, 0.1) is 30.8 Å². The number of fused-ring (bicyclic) bond motifs is 1. The molecule has 2 aromatic heterocycles. The molecule has 0 aliphatic carbocycles. The largest absolute Gasteiger partial charge is 0.390 e. The first-order chi connectivity index (χ1) is 17.3. The number of nitrogen functional groups attached to an aromatic ring is 1. The molecule has 0 amide bonds. The Morgan fingerprint density at radius 2 is 2.25 bits per heavy atom. The zero-order chi connectivity index (χ0) is 25.4. The third-order valence-electron chi connectivity index (χ3n) is 6.42. The zero-order valence-electron chi connectivity index (χ0n) is 19.7. The van der Waals surface area contributed by atoms with E-state index in [2.05, 4.69) is 9.97 Å². The number of nitrogens with two attached hydrogens (primary N) is 1. The van der Waals surface area contributed by atoms with Gasteiger partial charge < -0.3 is 38.5 Å². The average molecular weight is 522 g/mol. The number of aromatic amines is 1. The van der Waals surface area contributed by atoms with Gasteiger partial charge in [-0.2, -0.15) is 4.98 Å². The summed E-state index contributed by atoms with van der Waals surface area (Å²) in [7, 11) is -1.52. The Kier molecular flexibility index (Phi) is 7.01. The van der Waals surface area contributed by atoms with Gasteiger partial charge in [0.25, 0.3) is 13.1 Å². The van der Waals surface area contributed by atoms with E-state index in [0.717, 1.165) is 0 Å². The lowest BCUT2D eigenvalue weighted by Crippen LogP contribution is -2.29. The van der Waals surface area contributed by atoms with Gasteiger partial charge in [-0.05, 0) is 23.8 Å². The van der Waals surface area contributed by atoms with Gasteiger partial charge in [-0.25, -0.2) is 4.39 Å². The van der Waals surface area contributed by atoms with Crippen molar-refractivity contribution < 1.29 is 32.5 Å². The topological polar surface area (TPSA) is 143 Å². The first-order valence-electron chi connectivity index (χ1n) is 11.5. The Labute approximate surface area is 206 Å². The fraction of sp³-hybridized carbons (Fsp3) is 0.435. The molecule has 5 rings (SSSR count). The highest BCUT2D eigenvalue weighted by molar-refractivity contribution is 7.60. The van der Waals surface area contributed by atoms with Crippen LogP contribution < -0.4 is 11.3 Å². The predicted octanol–water partition coefficient (Wildman–Crippen LogP) is 2.70. The van der Waals surface area contributed by atoms with E-state index in [0.29, 0.717) is 29.6 Å². The standard InChI is InChI=1S/C23H28FN4O7P/c1-13-19(29)18(34-22(13)28-8-6-16-20(28)26-23(25)27-21(16)30)11-32-12-36(31-2)33-9-7-17(35-36)14-4-3-5-15(24)10-14/h3-6,8,10,12-13,17-19,22,29H,7,9,11H2,1-2H3,(H3,25,26,27,30)/t13-,17-,18+,19-,22+,36?/m0/s1. The van der Waals surface area contributed by atoms with Gasteiger partial charge in [-0.3, -0.25) is 9.78 Å². The number of ether oxygens (including phenoxy) is 2. The Morgan fingerprint density at radius 3 is 3.03 bits per heavy atom. The van der Waals surface area contributed by atoms with E-state index < -0.39 is 32.1 Å². The van der Waals surface area contributed by atoms with Crippen LogP contribution in [0.3, 0.4) is 0 Å². The van der Waals surface area contributed by atoms with Gasteiger partial charge >= 0.3 is 0 Å². The van der Waals surface area contributed by atoms with Gasteiger partial charge in [0.2, 0.25) is 5.95 Å². The van der Waals surface area contributed by atoms with E-state index in [4.69, 9.17) is 28.8 Å². The van der Waals surface area contributed by atoms with Crippen molar-refractivity contribution in [1.29, 1.82) is 0 Å². The molecule has 13 heteroatoms. The smallest absolute Gasteiger partial charge is 0.281 e. The second-order valence-electron chi connectivity index (χ2n) is 8.76. The van der Waals surface area contributed by atoms with Crippen molar-refractivity contribution in [3.8, 4) is 0 Å². The quantitative estimate of drug-likeness (QED) is 0.417. The Morgan fingerprint density at radius 1 is 1.42 bits per heavy atom. The molecule has 6 atom stereocenters. The van der Waals surface area contributed by atoms with Crippen LogP contribution in [0.1, 0.15) is 31.2 Å². The number of H-pyrrole nitrogens is 1. The fourth-order valence-corrected chi connectivity index (χ4v) is 6.18. The normalized spacial score (nSPS) is 30.6. The van der Waals surface area contributed by atoms with Crippen molar-refractivity contribution in [3.63, 3.8) is 0 Å². The van der Waals surface area contributed by atoms with Crippen molar-refractivity contribution in [1.82, 2.24) is 14.5 Å². The van der Waals surface area contributed by atoms with E-state index in [1.165, 1.54) is 25.2 Å². The number of aliphatic hydroxyl groups excluding tert-OH is 1. The molecule has 0 bridgehead atoms. The maximum Gasteiger partial charge on any atom is 0.281 e. The average Bonchev–Trinajstić information content (AvgIpc) is 3.40. The maximum atomic E-state index is 13.7. The number of benzene rings is 1. The summed E-state index contributed by atoms with van der Waals surface area (Å²) < 4.78 is 44.7. The van der Waals surface area contributed by atoms with E-state index >= 15 is 0 Å². The number of nitrogens with one attached hydrogen (secondary N) is 1. The number of aliphatic hydroxyl groups is 1. The number of anilines is 1. The molecule has 0 saturated carbocycles. The molecule has 0 spiro atoms. The van der Waals surface area contributed by atoms with Gasteiger partial charge in [0.15, 0.2) is 5.65 Å². The highest BCUT2D eigenvalue weighted by Crippen LogP contribution is 2.57. The van der Waals surface area contributed by atoms with Crippen LogP contribution in [0.25, 0.3) is 11.0 Å². The Hall–Kier alpha value is -2.57. The molecular formula is C23H28FN4O7P. The van der Waals surface area contributed by atoms with Crippen LogP contribution >= 0.6 is 7.57 Å². The first kappa shape index (κ1) is 25.1. The highest BCUT2D eigenvalue weighted by atomic mass is 31.2. The lowest BCUT2D eigenvalue weighted by Gasteiger charge is -2.33. The van der Waals surface area contributed by atoms with Crippen LogP contribution in [0.5, 0.6) is 0 Å². The monoisotopic (exact) mass is 522 g/mol. The summed E-state index contributed by atoms with van der Waals surface area (Å²) in [5.74, 6) is 0.686. The molecular weight excluding hydrogens is 494 g/mol. The van der Waals surface area contributed by atoms with Crippen molar-refractivity contribution in [2.45, 2.75) is 37.9 Å². The summed E-state index contributed by atoms with van der Waals surface area (Å²) in [5, 5.41) is 11.2. The second-order valence-corrected chi connectivity index (χ2v) is 10.9. The molecule has 4 heterocycles. The minimum atomic E-state index is -2.98. The third-order valence-corrected chi connectivity index (χ3v) is 8.43. The summed E-state index contributed by atoms with van der Waals surface area (Å²) in [6.45, 7) is 2.18. The van der Waals surface area contributed by atoms with Crippen molar-refractivity contribution in [2.24, 2.45) is 5.92 Å². The number of nitrogens with zero attached hydrogens (tertiary/aromatic N) is 2. The Balaban J connectivity index is 1.30. The Bertz CT molecular complexity index is 1360. The van der Waals surface area contributed by atoms with Crippen molar-refractivity contribution in [3.05, 3.63) is 58.3 Å². The number of aromatic nitrogens is 3. The van der Waals surface area contributed by atoms with Gasteiger partial charge in [-0.1, -0.05) is 19.1 Å². The van der Waals surface area contributed by atoms with E-state index in [1.54, 1.807) is 29.0 Å². The van der Waals surface area contributed by atoms with E-state index in [-0.39, 0.29) is 29.8 Å². The van der Waals surface area contributed by atoms with Gasteiger partial charge in [-0.15, -0.1) is 0 Å². The lowest BCUT2D eigenvalue weighted by molar-refractivity contribution is -0.0407. The molecule has 2 aliphatic rings. The number of rotatable bonds is 6. The summed E-state index contributed by atoms with van der Waals surface area (Å²) in [6, 6.07) is 7.83. The molecule has 2 fully saturated rings. The van der Waals surface area contributed by atoms with Crippen LogP contribution in [0.15, 0.2) is 41.3 Å². The lowest BCUT2D eigenvalue weighted by atomic mass is 10.0. The second kappa shape index (κ2) is 10.1. The van der Waals surface area contributed by atoms with Crippen LogP contribution in [0.4, 0.5) is 10.3 Å². The SMILES string of the molecule is COP1(=COC[C@H]2O[C@@H](n3ccc4c(=O)[nH]c(N)nc43)[C@@H](C)[C@@H]2O)OCC[C@@H](c2cccc(F)c2)O1. The van der Waals surface area contributed by atoms with E-state index in [9.17, 15) is 14.3 Å². The maximum absolute atomic E-state index is 13.7. The van der Waals surface area contributed by atoms with Crippen molar-refractivity contribution >= 4 is 30.5 Å².